The van der Waals surface area contributed by atoms with Crippen LogP contribution >= 0.6 is 0 Å². The van der Waals surface area contributed by atoms with Crippen LogP contribution in [0.4, 0.5) is 0 Å². The molecule has 0 aliphatic carbocycles. The molecule has 1 heteroatoms. The van der Waals surface area contributed by atoms with E-state index in [-0.39, 0.29) is 0 Å². The maximum atomic E-state index is 3.27. The lowest BCUT2D eigenvalue weighted by atomic mass is 9.97. The molecule has 82 valence electrons. The molecule has 1 heterocycles. The highest BCUT2D eigenvalue weighted by molar-refractivity contribution is 5.02. The molecule has 0 radical (unpaired) electrons. The van der Waals surface area contributed by atoms with Gasteiger partial charge in [0.15, 0.2) is 0 Å². The van der Waals surface area contributed by atoms with Crippen molar-refractivity contribution in [3.8, 4) is 11.8 Å². The third-order valence-corrected chi connectivity index (χ3v) is 2.48. The molecule has 1 saturated heterocycles. The molecule has 0 bridgehead atoms. The Bertz CT molecular complexity index is 167. The van der Waals surface area contributed by atoms with Gasteiger partial charge in [0.25, 0.3) is 0 Å². The lowest BCUT2D eigenvalue weighted by molar-refractivity contribution is 0.207. The molecule has 1 aliphatic heterocycles. The molecule has 1 rings (SSSR count). The second-order valence-electron chi connectivity index (χ2n) is 3.51. The van der Waals surface area contributed by atoms with E-state index < -0.39 is 0 Å². The summed E-state index contributed by atoms with van der Waals surface area (Å²) < 4.78 is 0. The molecule has 0 saturated carbocycles. The number of rotatable bonds is 2. The Kier molecular flexibility index (Phi) is 8.78. The van der Waals surface area contributed by atoms with Crippen LogP contribution in [-0.4, -0.2) is 24.5 Å². The van der Waals surface area contributed by atoms with E-state index in [9.17, 15) is 0 Å². The minimum Gasteiger partial charge on any atom is -0.303 e. The molecule has 1 nitrogen and oxygen atoms in total. The molecule has 0 aromatic rings. The van der Waals surface area contributed by atoms with Crippen molar-refractivity contribution >= 4 is 0 Å². The van der Waals surface area contributed by atoms with Crippen molar-refractivity contribution in [3.63, 3.8) is 0 Å². The minimum absolute atomic E-state index is 0.683. The molecule has 0 amide bonds. The first-order valence-corrected chi connectivity index (χ1v) is 6.01. The Hall–Kier alpha value is -0.480. The van der Waals surface area contributed by atoms with E-state index >= 15 is 0 Å². The zero-order chi connectivity index (χ0) is 10.8. The van der Waals surface area contributed by atoms with Crippen molar-refractivity contribution in [2.24, 2.45) is 5.92 Å². The fourth-order valence-electron chi connectivity index (χ4n) is 1.82. The van der Waals surface area contributed by atoms with Crippen molar-refractivity contribution in [1.29, 1.82) is 0 Å². The van der Waals surface area contributed by atoms with Crippen molar-refractivity contribution in [2.45, 2.75) is 47.0 Å². The van der Waals surface area contributed by atoms with Gasteiger partial charge in [0.05, 0.1) is 0 Å². The van der Waals surface area contributed by atoms with E-state index in [0.29, 0.717) is 5.92 Å². The van der Waals surface area contributed by atoms with Crippen LogP contribution in [0.15, 0.2) is 0 Å². The predicted molar refractivity (Wildman–Crippen MR) is 64.3 cm³/mol. The van der Waals surface area contributed by atoms with Gasteiger partial charge in [-0.05, 0) is 45.8 Å². The standard InChI is InChI=1S/C11H19N.C2H6/c1-3-5-11-6-9-12(8-4-2)10-7-11;1-2/h11H,4,6-10H2,1-2H3;1-2H3. The third-order valence-electron chi connectivity index (χ3n) is 2.48. The van der Waals surface area contributed by atoms with Crippen LogP contribution < -0.4 is 0 Å². The molecule has 0 aromatic heterocycles. The molecular formula is C13H25N. The maximum absolute atomic E-state index is 3.27. The molecule has 1 fully saturated rings. The van der Waals surface area contributed by atoms with Crippen LogP contribution in [0.2, 0.25) is 0 Å². The zero-order valence-corrected chi connectivity index (χ0v) is 10.3. The van der Waals surface area contributed by atoms with E-state index in [0.717, 1.165) is 0 Å². The molecule has 0 atom stereocenters. The molecule has 0 aromatic carbocycles. The van der Waals surface area contributed by atoms with Crippen molar-refractivity contribution in [2.75, 3.05) is 19.6 Å². The van der Waals surface area contributed by atoms with Crippen LogP contribution in [0, 0.1) is 17.8 Å². The van der Waals surface area contributed by atoms with Gasteiger partial charge >= 0.3 is 0 Å². The summed E-state index contributed by atoms with van der Waals surface area (Å²) in [6.07, 6.45) is 3.84. The van der Waals surface area contributed by atoms with E-state index in [1.54, 1.807) is 0 Å². The summed E-state index contributed by atoms with van der Waals surface area (Å²) in [4.78, 5) is 2.55. The fraction of sp³-hybridized carbons (Fsp3) is 0.846. The largest absolute Gasteiger partial charge is 0.303 e. The molecule has 0 unspecified atom stereocenters. The molecule has 0 spiro atoms. The van der Waals surface area contributed by atoms with E-state index in [4.69, 9.17) is 0 Å². The summed E-state index contributed by atoms with van der Waals surface area (Å²) in [5, 5.41) is 0. The number of nitrogens with zero attached hydrogens (tertiary/aromatic N) is 1. The first kappa shape index (κ1) is 13.5. The molecule has 14 heavy (non-hydrogen) atoms. The monoisotopic (exact) mass is 195 g/mol. The third kappa shape index (κ3) is 5.29. The summed E-state index contributed by atoms with van der Waals surface area (Å²) in [7, 11) is 0. The number of hydrogen-bond acceptors (Lipinski definition) is 1. The van der Waals surface area contributed by atoms with E-state index in [1.807, 2.05) is 20.8 Å². The summed E-state index contributed by atoms with van der Waals surface area (Å²) in [6.45, 7) is 12.0. The Morgan fingerprint density at radius 1 is 1.21 bits per heavy atom. The smallest absolute Gasteiger partial charge is 0.0227 e. The maximum Gasteiger partial charge on any atom is 0.0227 e. The molecule has 1 aliphatic rings. The van der Waals surface area contributed by atoms with Crippen molar-refractivity contribution < 1.29 is 0 Å². The summed E-state index contributed by atoms with van der Waals surface area (Å²) in [5.41, 5.74) is 0. The van der Waals surface area contributed by atoms with Crippen LogP contribution in [0.5, 0.6) is 0 Å². The van der Waals surface area contributed by atoms with Crippen molar-refractivity contribution in [3.05, 3.63) is 0 Å². The van der Waals surface area contributed by atoms with E-state index in [1.165, 1.54) is 38.9 Å². The van der Waals surface area contributed by atoms with Crippen LogP contribution in [0.25, 0.3) is 0 Å². The average Bonchev–Trinajstić information content (AvgIpc) is 2.25. The van der Waals surface area contributed by atoms with E-state index in [2.05, 4.69) is 23.7 Å². The second-order valence-corrected chi connectivity index (χ2v) is 3.51. The van der Waals surface area contributed by atoms with Gasteiger partial charge in [-0.2, -0.15) is 0 Å². The quantitative estimate of drug-likeness (QED) is 0.612. The first-order chi connectivity index (χ1) is 6.86. The van der Waals surface area contributed by atoms with Gasteiger partial charge in [0.1, 0.15) is 0 Å². The lowest BCUT2D eigenvalue weighted by Gasteiger charge is -2.29. The van der Waals surface area contributed by atoms with Gasteiger partial charge in [0.2, 0.25) is 0 Å². The SMILES string of the molecule is CC.CC#CC1CCN(CCC)CC1. The average molecular weight is 195 g/mol. The topological polar surface area (TPSA) is 3.24 Å². The zero-order valence-electron chi connectivity index (χ0n) is 10.3. The summed E-state index contributed by atoms with van der Waals surface area (Å²) in [6, 6.07) is 0. The van der Waals surface area contributed by atoms with Gasteiger partial charge < -0.3 is 4.90 Å². The highest BCUT2D eigenvalue weighted by atomic mass is 15.1. The Morgan fingerprint density at radius 2 is 1.79 bits per heavy atom. The number of likely N-dealkylation sites (tertiary alicyclic amines) is 1. The second kappa shape index (κ2) is 9.09. The molecular weight excluding hydrogens is 170 g/mol. The lowest BCUT2D eigenvalue weighted by Crippen LogP contribution is -2.33. The normalized spacial score (nSPS) is 17.7. The van der Waals surface area contributed by atoms with Gasteiger partial charge in [0, 0.05) is 5.92 Å². The predicted octanol–water partition coefficient (Wildman–Crippen LogP) is 3.16. The molecule has 0 N–H and O–H groups in total. The highest BCUT2D eigenvalue weighted by Gasteiger charge is 2.15. The summed E-state index contributed by atoms with van der Waals surface area (Å²) in [5.74, 6) is 6.97. The minimum atomic E-state index is 0.683. The van der Waals surface area contributed by atoms with Gasteiger partial charge in [-0.25, -0.2) is 0 Å². The Labute approximate surface area is 89.9 Å². The first-order valence-electron chi connectivity index (χ1n) is 6.01. The number of hydrogen-bond donors (Lipinski definition) is 0. The van der Waals surface area contributed by atoms with Gasteiger partial charge in [-0.3, -0.25) is 0 Å². The van der Waals surface area contributed by atoms with Crippen LogP contribution in [0.1, 0.15) is 47.0 Å². The highest BCUT2D eigenvalue weighted by Crippen LogP contribution is 2.15. The Balaban J connectivity index is 0.000000791. The van der Waals surface area contributed by atoms with Gasteiger partial charge in [-0.1, -0.05) is 20.8 Å². The van der Waals surface area contributed by atoms with Crippen LogP contribution in [0.3, 0.4) is 0 Å². The fourth-order valence-corrected chi connectivity index (χ4v) is 1.82. The van der Waals surface area contributed by atoms with Gasteiger partial charge in [-0.15, -0.1) is 11.8 Å². The summed E-state index contributed by atoms with van der Waals surface area (Å²) >= 11 is 0. The van der Waals surface area contributed by atoms with Crippen molar-refractivity contribution in [1.82, 2.24) is 4.90 Å². The Morgan fingerprint density at radius 3 is 2.21 bits per heavy atom. The van der Waals surface area contributed by atoms with Crippen LogP contribution in [-0.2, 0) is 0 Å². The number of piperidine rings is 1.